The second-order valence-corrected chi connectivity index (χ2v) is 6.86. The molecule has 2 aromatic rings. The average molecular weight is 354 g/mol. The van der Waals surface area contributed by atoms with Gasteiger partial charge >= 0.3 is 0 Å². The molecule has 1 aliphatic rings. The lowest BCUT2D eigenvalue weighted by atomic mass is 10.0. The summed E-state index contributed by atoms with van der Waals surface area (Å²) >= 11 is 7.58. The van der Waals surface area contributed by atoms with Crippen LogP contribution < -0.4 is 5.32 Å². The van der Waals surface area contributed by atoms with Crippen LogP contribution in [0.5, 0.6) is 0 Å². The van der Waals surface area contributed by atoms with Gasteiger partial charge in [-0.15, -0.1) is 11.8 Å². The number of rotatable bonds is 3. The van der Waals surface area contributed by atoms with E-state index in [0.29, 0.717) is 6.42 Å². The van der Waals surface area contributed by atoms with Gasteiger partial charge in [-0.05, 0) is 42.3 Å². The van der Waals surface area contributed by atoms with Gasteiger partial charge in [-0.3, -0.25) is 4.79 Å². The van der Waals surface area contributed by atoms with Crippen molar-refractivity contribution < 1.29 is 13.6 Å². The third-order valence-corrected chi connectivity index (χ3v) is 5.22. The number of nitrogens with one attached hydrogen (secondary N) is 1. The first-order valence-electron chi connectivity index (χ1n) is 7.19. The van der Waals surface area contributed by atoms with Crippen molar-refractivity contribution >= 4 is 29.3 Å². The van der Waals surface area contributed by atoms with E-state index >= 15 is 0 Å². The minimum atomic E-state index is -0.502. The van der Waals surface area contributed by atoms with Crippen molar-refractivity contribution in [2.75, 3.05) is 5.75 Å². The lowest BCUT2D eigenvalue weighted by molar-refractivity contribution is -0.121. The van der Waals surface area contributed by atoms with Gasteiger partial charge in [0.25, 0.3) is 0 Å². The molecule has 0 saturated carbocycles. The fourth-order valence-corrected chi connectivity index (χ4v) is 3.96. The third kappa shape index (κ3) is 3.67. The predicted octanol–water partition coefficient (Wildman–Crippen LogP) is 4.51. The first-order chi connectivity index (χ1) is 11.0. The Morgan fingerprint density at radius 1 is 1.30 bits per heavy atom. The van der Waals surface area contributed by atoms with Gasteiger partial charge in [0.15, 0.2) is 0 Å². The summed E-state index contributed by atoms with van der Waals surface area (Å²) in [6.07, 6.45) is 0.567. The third-order valence-electron chi connectivity index (χ3n) is 3.75. The minimum absolute atomic E-state index is 0.139. The standard InChI is InChI=1S/C17H14ClF2NOS/c18-13-2-1-3-14(20)11(13)9-17(22)21-15-6-7-23-16-5-4-10(19)8-12(15)16/h1-5,8,15H,6-7,9H2,(H,21,22). The van der Waals surface area contributed by atoms with Crippen LogP contribution in [0.15, 0.2) is 41.3 Å². The average Bonchev–Trinajstić information content (AvgIpc) is 2.52. The molecule has 1 heterocycles. The van der Waals surface area contributed by atoms with Crippen LogP contribution in [0.3, 0.4) is 0 Å². The fraction of sp³-hybridized carbons (Fsp3) is 0.235. The van der Waals surface area contributed by atoms with Crippen molar-refractivity contribution in [2.45, 2.75) is 23.8 Å². The normalized spacial score (nSPS) is 16.7. The highest BCUT2D eigenvalue weighted by molar-refractivity contribution is 7.99. The maximum absolute atomic E-state index is 13.8. The molecule has 0 aliphatic carbocycles. The topological polar surface area (TPSA) is 29.1 Å². The van der Waals surface area contributed by atoms with E-state index in [1.54, 1.807) is 23.9 Å². The molecular formula is C17H14ClF2NOS. The number of thioether (sulfide) groups is 1. The van der Waals surface area contributed by atoms with Crippen molar-refractivity contribution in [1.29, 1.82) is 0 Å². The Morgan fingerprint density at radius 2 is 2.13 bits per heavy atom. The molecule has 1 N–H and O–H groups in total. The molecule has 6 heteroatoms. The Bertz CT molecular complexity index is 733. The van der Waals surface area contributed by atoms with Crippen LogP contribution in [0.1, 0.15) is 23.6 Å². The smallest absolute Gasteiger partial charge is 0.225 e. The molecule has 3 rings (SSSR count). The van der Waals surface area contributed by atoms with Crippen molar-refractivity contribution in [2.24, 2.45) is 0 Å². The maximum atomic E-state index is 13.8. The number of fused-ring (bicyclic) bond motifs is 1. The second-order valence-electron chi connectivity index (χ2n) is 5.32. The second kappa shape index (κ2) is 6.89. The molecule has 0 radical (unpaired) electrons. The number of hydrogen-bond donors (Lipinski definition) is 1. The summed E-state index contributed by atoms with van der Waals surface area (Å²) in [5.41, 5.74) is 0.950. The Morgan fingerprint density at radius 3 is 2.91 bits per heavy atom. The van der Waals surface area contributed by atoms with Crippen LogP contribution in [-0.2, 0) is 11.2 Å². The molecule has 0 fully saturated rings. The zero-order valence-corrected chi connectivity index (χ0v) is 13.7. The summed E-state index contributed by atoms with van der Waals surface area (Å²) in [5.74, 6) is -0.325. The molecule has 0 saturated heterocycles. The summed E-state index contributed by atoms with van der Waals surface area (Å²) in [6.45, 7) is 0. The van der Waals surface area contributed by atoms with E-state index in [9.17, 15) is 13.6 Å². The molecule has 0 bridgehead atoms. The van der Waals surface area contributed by atoms with Crippen LogP contribution in [0.25, 0.3) is 0 Å². The quantitative estimate of drug-likeness (QED) is 0.879. The SMILES string of the molecule is O=C(Cc1c(F)cccc1Cl)NC1CCSc2ccc(F)cc21. The highest BCUT2D eigenvalue weighted by Crippen LogP contribution is 2.36. The first kappa shape index (κ1) is 16.3. The number of benzene rings is 2. The van der Waals surface area contributed by atoms with E-state index in [2.05, 4.69) is 5.32 Å². The van der Waals surface area contributed by atoms with Gasteiger partial charge in [0.1, 0.15) is 11.6 Å². The highest BCUT2D eigenvalue weighted by atomic mass is 35.5. The zero-order valence-electron chi connectivity index (χ0n) is 12.1. The Labute approximate surface area is 142 Å². The molecule has 1 unspecified atom stereocenters. The summed E-state index contributed by atoms with van der Waals surface area (Å²) < 4.78 is 27.2. The number of halogens is 3. The van der Waals surface area contributed by atoms with E-state index in [0.717, 1.165) is 16.2 Å². The molecular weight excluding hydrogens is 340 g/mol. The molecule has 1 aliphatic heterocycles. The van der Waals surface area contributed by atoms with Crippen LogP contribution >= 0.6 is 23.4 Å². The maximum Gasteiger partial charge on any atom is 0.225 e. The molecule has 0 aromatic heterocycles. The number of carbonyl (C=O) groups is 1. The lowest BCUT2D eigenvalue weighted by Crippen LogP contribution is -2.32. The van der Waals surface area contributed by atoms with Gasteiger partial charge in [0, 0.05) is 21.2 Å². The number of carbonyl (C=O) groups excluding carboxylic acids is 1. The van der Waals surface area contributed by atoms with E-state index in [1.165, 1.54) is 24.3 Å². The largest absolute Gasteiger partial charge is 0.349 e. The molecule has 2 nitrogen and oxygen atoms in total. The summed E-state index contributed by atoms with van der Waals surface area (Å²) in [5, 5.41) is 3.09. The van der Waals surface area contributed by atoms with Gasteiger partial charge in [-0.25, -0.2) is 8.78 Å². The summed E-state index contributed by atoms with van der Waals surface area (Å²) in [4.78, 5) is 13.2. The minimum Gasteiger partial charge on any atom is -0.349 e. The lowest BCUT2D eigenvalue weighted by Gasteiger charge is -2.26. The van der Waals surface area contributed by atoms with Crippen LogP contribution in [0, 0.1) is 11.6 Å². The number of amides is 1. The Kier molecular flexibility index (Phi) is 4.87. The van der Waals surface area contributed by atoms with E-state index in [1.807, 2.05) is 0 Å². The van der Waals surface area contributed by atoms with Crippen LogP contribution in [-0.4, -0.2) is 11.7 Å². The van der Waals surface area contributed by atoms with E-state index < -0.39 is 5.82 Å². The monoisotopic (exact) mass is 353 g/mol. The van der Waals surface area contributed by atoms with Crippen molar-refractivity contribution in [1.82, 2.24) is 5.32 Å². The molecule has 1 amide bonds. The van der Waals surface area contributed by atoms with Crippen LogP contribution in [0.2, 0.25) is 5.02 Å². The summed E-state index contributed by atoms with van der Waals surface area (Å²) in [6, 6.07) is 8.64. The van der Waals surface area contributed by atoms with Crippen molar-refractivity contribution in [3.05, 3.63) is 64.2 Å². The van der Waals surface area contributed by atoms with Gasteiger partial charge in [0.2, 0.25) is 5.91 Å². The zero-order chi connectivity index (χ0) is 16.4. The van der Waals surface area contributed by atoms with Gasteiger partial charge in [-0.2, -0.15) is 0 Å². The predicted molar refractivity (Wildman–Crippen MR) is 87.7 cm³/mol. The number of hydrogen-bond acceptors (Lipinski definition) is 2. The molecule has 1 atom stereocenters. The first-order valence-corrected chi connectivity index (χ1v) is 8.55. The Hall–Kier alpha value is -1.59. The molecule has 23 heavy (non-hydrogen) atoms. The van der Waals surface area contributed by atoms with E-state index in [4.69, 9.17) is 11.6 Å². The Balaban J connectivity index is 1.76. The van der Waals surface area contributed by atoms with Gasteiger partial charge in [-0.1, -0.05) is 17.7 Å². The van der Waals surface area contributed by atoms with Crippen LogP contribution in [0.4, 0.5) is 8.78 Å². The van der Waals surface area contributed by atoms with Gasteiger partial charge in [0.05, 0.1) is 12.5 Å². The molecule has 2 aromatic carbocycles. The molecule has 120 valence electrons. The summed E-state index contributed by atoms with van der Waals surface area (Å²) in [7, 11) is 0. The fourth-order valence-electron chi connectivity index (χ4n) is 2.62. The van der Waals surface area contributed by atoms with E-state index in [-0.39, 0.29) is 34.8 Å². The molecule has 0 spiro atoms. The van der Waals surface area contributed by atoms with Gasteiger partial charge < -0.3 is 5.32 Å². The van der Waals surface area contributed by atoms with Crippen molar-refractivity contribution in [3.8, 4) is 0 Å². The highest BCUT2D eigenvalue weighted by Gasteiger charge is 2.23. The van der Waals surface area contributed by atoms with Crippen molar-refractivity contribution in [3.63, 3.8) is 0 Å².